The van der Waals surface area contributed by atoms with E-state index in [1.807, 2.05) is 0 Å². The van der Waals surface area contributed by atoms with Crippen LogP contribution in [0, 0.1) is 5.82 Å². The molecule has 6 heteroatoms. The third-order valence-electron chi connectivity index (χ3n) is 3.96. The average molecular weight is 268 g/mol. The Morgan fingerprint density at radius 1 is 1.32 bits per heavy atom. The number of aromatic hydroxyl groups is 1. The number of phenols is 1. The van der Waals surface area contributed by atoms with Crippen molar-refractivity contribution in [2.75, 3.05) is 6.79 Å². The van der Waals surface area contributed by atoms with Crippen LogP contribution in [0.4, 0.5) is 4.39 Å². The van der Waals surface area contributed by atoms with Crippen molar-refractivity contribution >= 4 is 5.97 Å². The number of phenolic OH excluding ortho intramolecular Hbond substituents is 1. The molecule has 1 saturated carbocycles. The van der Waals surface area contributed by atoms with Crippen LogP contribution in [0.1, 0.15) is 31.2 Å². The minimum Gasteiger partial charge on any atom is -0.504 e. The molecule has 1 fully saturated rings. The van der Waals surface area contributed by atoms with E-state index in [1.165, 1.54) is 6.07 Å². The molecule has 0 saturated heterocycles. The number of rotatable bonds is 2. The molecular formula is C13H13FO5. The fourth-order valence-electron chi connectivity index (χ4n) is 2.93. The molecule has 1 heterocycles. The van der Waals surface area contributed by atoms with Crippen LogP contribution in [0.15, 0.2) is 6.07 Å². The molecule has 102 valence electrons. The number of fused-ring (bicyclic) bond motifs is 1. The molecule has 0 unspecified atom stereocenters. The van der Waals surface area contributed by atoms with Gasteiger partial charge in [-0.15, -0.1) is 0 Å². The van der Waals surface area contributed by atoms with Crippen molar-refractivity contribution in [2.24, 2.45) is 0 Å². The van der Waals surface area contributed by atoms with E-state index in [4.69, 9.17) is 9.47 Å². The third kappa shape index (κ3) is 1.55. The largest absolute Gasteiger partial charge is 0.504 e. The first kappa shape index (κ1) is 12.1. The molecule has 2 aliphatic rings. The van der Waals surface area contributed by atoms with Crippen molar-refractivity contribution in [2.45, 2.75) is 31.1 Å². The highest BCUT2D eigenvalue weighted by molar-refractivity contribution is 5.83. The Hall–Kier alpha value is -1.98. The predicted molar refractivity (Wildman–Crippen MR) is 62.0 cm³/mol. The molecule has 1 aliphatic carbocycles. The fourth-order valence-corrected chi connectivity index (χ4v) is 2.93. The van der Waals surface area contributed by atoms with Crippen molar-refractivity contribution in [1.82, 2.24) is 0 Å². The number of ether oxygens (including phenoxy) is 2. The lowest BCUT2D eigenvalue weighted by Crippen LogP contribution is -2.32. The second kappa shape index (κ2) is 4.01. The predicted octanol–water partition coefficient (Wildman–Crippen LogP) is 2.16. The lowest BCUT2D eigenvalue weighted by atomic mass is 9.78. The first-order chi connectivity index (χ1) is 9.06. The van der Waals surface area contributed by atoms with Crippen molar-refractivity contribution in [1.29, 1.82) is 0 Å². The van der Waals surface area contributed by atoms with E-state index in [-0.39, 0.29) is 23.9 Å². The highest BCUT2D eigenvalue weighted by atomic mass is 19.1. The highest BCUT2D eigenvalue weighted by Crippen LogP contribution is 2.50. The molecule has 0 aromatic heterocycles. The van der Waals surface area contributed by atoms with E-state index in [2.05, 4.69) is 0 Å². The zero-order chi connectivity index (χ0) is 13.6. The monoisotopic (exact) mass is 268 g/mol. The Bertz CT molecular complexity index is 548. The van der Waals surface area contributed by atoms with Crippen LogP contribution < -0.4 is 9.47 Å². The Morgan fingerprint density at radius 2 is 2.00 bits per heavy atom. The molecule has 0 atom stereocenters. The number of benzene rings is 1. The first-order valence-corrected chi connectivity index (χ1v) is 6.11. The van der Waals surface area contributed by atoms with Crippen LogP contribution in [0.3, 0.4) is 0 Å². The van der Waals surface area contributed by atoms with Crippen LogP contribution >= 0.6 is 0 Å². The number of carbonyl (C=O) groups is 1. The van der Waals surface area contributed by atoms with Gasteiger partial charge < -0.3 is 19.7 Å². The van der Waals surface area contributed by atoms with E-state index in [9.17, 15) is 19.4 Å². The molecule has 19 heavy (non-hydrogen) atoms. The SMILES string of the molecule is O=C(O)C1(c2cc3c(c(F)c2O)OCO3)CCCC1. The van der Waals surface area contributed by atoms with E-state index < -0.39 is 23.0 Å². The van der Waals surface area contributed by atoms with Gasteiger partial charge in [0.1, 0.15) is 0 Å². The molecule has 1 aromatic rings. The lowest BCUT2D eigenvalue weighted by molar-refractivity contribution is -0.143. The van der Waals surface area contributed by atoms with Gasteiger partial charge in [-0.25, -0.2) is 0 Å². The molecule has 0 spiro atoms. The zero-order valence-electron chi connectivity index (χ0n) is 10.1. The summed E-state index contributed by atoms with van der Waals surface area (Å²) in [6.07, 6.45) is 2.24. The molecule has 0 amide bonds. The number of aliphatic carboxylic acids is 1. The normalized spacial score (nSPS) is 19.6. The second-order valence-corrected chi connectivity index (χ2v) is 4.91. The quantitative estimate of drug-likeness (QED) is 0.859. The van der Waals surface area contributed by atoms with Crippen LogP contribution in [-0.2, 0) is 10.2 Å². The Balaban J connectivity index is 2.20. The Labute approximate surface area is 108 Å². The van der Waals surface area contributed by atoms with Gasteiger partial charge in [0.05, 0.1) is 5.41 Å². The van der Waals surface area contributed by atoms with Crippen LogP contribution in [0.2, 0.25) is 0 Å². The molecular weight excluding hydrogens is 255 g/mol. The molecule has 0 radical (unpaired) electrons. The molecule has 0 bridgehead atoms. The smallest absolute Gasteiger partial charge is 0.314 e. The Kier molecular flexibility index (Phi) is 2.55. The van der Waals surface area contributed by atoms with Crippen LogP contribution in [0.5, 0.6) is 17.2 Å². The van der Waals surface area contributed by atoms with Gasteiger partial charge >= 0.3 is 5.97 Å². The minimum atomic E-state index is -1.23. The van der Waals surface area contributed by atoms with Gasteiger partial charge in [-0.2, -0.15) is 4.39 Å². The van der Waals surface area contributed by atoms with Crippen molar-refractivity contribution < 1.29 is 28.9 Å². The van der Waals surface area contributed by atoms with E-state index >= 15 is 0 Å². The minimum absolute atomic E-state index is 0.0826. The maximum Gasteiger partial charge on any atom is 0.314 e. The van der Waals surface area contributed by atoms with Gasteiger partial charge in [-0.3, -0.25) is 4.79 Å². The van der Waals surface area contributed by atoms with E-state index in [0.717, 1.165) is 12.8 Å². The van der Waals surface area contributed by atoms with Crippen LogP contribution in [0.25, 0.3) is 0 Å². The summed E-state index contributed by atoms with van der Waals surface area (Å²) in [6.45, 7) is -0.130. The average Bonchev–Trinajstić information content (AvgIpc) is 3.02. The van der Waals surface area contributed by atoms with Crippen molar-refractivity contribution in [3.05, 3.63) is 17.4 Å². The van der Waals surface area contributed by atoms with Crippen molar-refractivity contribution in [3.63, 3.8) is 0 Å². The van der Waals surface area contributed by atoms with Gasteiger partial charge in [0.2, 0.25) is 18.4 Å². The molecule has 1 aromatic carbocycles. The van der Waals surface area contributed by atoms with Gasteiger partial charge in [-0.1, -0.05) is 12.8 Å². The summed E-state index contributed by atoms with van der Waals surface area (Å²) in [7, 11) is 0. The topological polar surface area (TPSA) is 76.0 Å². The number of carboxylic acids is 1. The second-order valence-electron chi connectivity index (χ2n) is 4.91. The Morgan fingerprint density at radius 3 is 2.63 bits per heavy atom. The van der Waals surface area contributed by atoms with Crippen molar-refractivity contribution in [3.8, 4) is 17.2 Å². The number of hydrogen-bond acceptors (Lipinski definition) is 4. The number of hydrogen-bond donors (Lipinski definition) is 2. The summed E-state index contributed by atoms with van der Waals surface area (Å²) in [6, 6.07) is 1.39. The van der Waals surface area contributed by atoms with Gasteiger partial charge in [0.25, 0.3) is 0 Å². The van der Waals surface area contributed by atoms with Crippen LogP contribution in [-0.4, -0.2) is 23.0 Å². The van der Waals surface area contributed by atoms with Gasteiger partial charge in [0, 0.05) is 5.56 Å². The molecule has 2 N–H and O–H groups in total. The standard InChI is InChI=1S/C13H13FO5/c14-9-10(15)7(5-8-11(9)19-6-18-8)13(12(16)17)3-1-2-4-13/h5,15H,1-4,6H2,(H,16,17). The van der Waals surface area contributed by atoms with E-state index in [0.29, 0.717) is 12.8 Å². The molecule has 1 aliphatic heterocycles. The zero-order valence-corrected chi connectivity index (χ0v) is 10.1. The summed E-state index contributed by atoms with van der Waals surface area (Å²) < 4.78 is 24.0. The molecule has 3 rings (SSSR count). The third-order valence-corrected chi connectivity index (χ3v) is 3.96. The number of carboxylic acid groups (broad SMARTS) is 1. The maximum atomic E-state index is 14.0. The highest BCUT2D eigenvalue weighted by Gasteiger charge is 2.46. The summed E-state index contributed by atoms with van der Waals surface area (Å²) >= 11 is 0. The van der Waals surface area contributed by atoms with Gasteiger partial charge in [0.15, 0.2) is 11.5 Å². The summed E-state index contributed by atoms with van der Waals surface area (Å²) in [4.78, 5) is 11.6. The lowest BCUT2D eigenvalue weighted by Gasteiger charge is -2.25. The molecule has 5 nitrogen and oxygen atoms in total. The summed E-state index contributed by atoms with van der Waals surface area (Å²) in [5.41, 5.74) is -1.15. The number of halogens is 1. The summed E-state index contributed by atoms with van der Waals surface area (Å²) in [5, 5.41) is 19.4. The first-order valence-electron chi connectivity index (χ1n) is 6.11. The summed E-state index contributed by atoms with van der Waals surface area (Å²) in [5.74, 6) is -2.64. The van der Waals surface area contributed by atoms with Gasteiger partial charge in [-0.05, 0) is 18.9 Å². The fraction of sp³-hybridized carbons (Fsp3) is 0.462. The van der Waals surface area contributed by atoms with E-state index in [1.54, 1.807) is 0 Å². The maximum absolute atomic E-state index is 14.0.